The van der Waals surface area contributed by atoms with E-state index in [9.17, 15) is 13.9 Å². The van der Waals surface area contributed by atoms with E-state index in [2.05, 4.69) is 0 Å². The van der Waals surface area contributed by atoms with Gasteiger partial charge in [0.1, 0.15) is 11.5 Å². The average molecular weight is 597 g/mol. The van der Waals surface area contributed by atoms with E-state index in [0.29, 0.717) is 16.4 Å². The summed E-state index contributed by atoms with van der Waals surface area (Å²) in [5.74, 6) is 1.39. The third-order valence-electron chi connectivity index (χ3n) is 5.88. The Kier molecular flexibility index (Phi) is 12.1. The fraction of sp³-hybridized carbons (Fsp3) is 0.114. The molecule has 7 heteroatoms. The number of Topliss-reactive ketones (excluding diaryl/α,β-unsaturated/α-hetero) is 1. The van der Waals surface area contributed by atoms with Crippen LogP contribution < -0.4 is 9.47 Å². The van der Waals surface area contributed by atoms with Crippen molar-refractivity contribution in [1.82, 2.24) is 0 Å². The molecule has 0 radical (unpaired) electrons. The van der Waals surface area contributed by atoms with Crippen LogP contribution in [0.2, 0.25) is 0 Å². The van der Waals surface area contributed by atoms with Gasteiger partial charge in [-0.3, -0.25) is 4.79 Å². The standard InChI is InChI=1S/C26H22O3S.C9H10O2S/c27-30(25(21-13-5-1-6-14-21)28-23-17-9-3-10-18-23)26(22-15-7-2-8-16-22)29-24-19-11-4-12-20-24;1-8(10)7-12(11)9-5-3-2-4-6-9/h1-20,25-26H;2-6H,7H2,1H3. The van der Waals surface area contributed by atoms with Gasteiger partial charge in [0, 0.05) is 22.3 Å². The first kappa shape index (κ1) is 30.9. The summed E-state index contributed by atoms with van der Waals surface area (Å²) in [5.41, 5.74) is 0.277. The van der Waals surface area contributed by atoms with E-state index in [1.807, 2.05) is 140 Å². The molecule has 42 heavy (non-hydrogen) atoms. The second-order valence-electron chi connectivity index (χ2n) is 9.18. The second-order valence-corrected chi connectivity index (χ2v) is 12.1. The first-order valence-electron chi connectivity index (χ1n) is 13.4. The molecule has 0 aliphatic carbocycles. The maximum absolute atomic E-state index is 13.9. The molecule has 3 atom stereocenters. The van der Waals surface area contributed by atoms with Gasteiger partial charge in [0.05, 0.1) is 0 Å². The summed E-state index contributed by atoms with van der Waals surface area (Å²) in [6, 6.07) is 47.2. The van der Waals surface area contributed by atoms with E-state index in [4.69, 9.17) is 9.47 Å². The summed E-state index contributed by atoms with van der Waals surface area (Å²) in [7, 11) is 0. The van der Waals surface area contributed by atoms with Crippen molar-refractivity contribution in [2.24, 2.45) is 0 Å². The molecule has 5 nitrogen and oxygen atoms in total. The molecule has 0 aliphatic heterocycles. The van der Waals surface area contributed by atoms with Crippen LogP contribution in [0, 0.1) is 0 Å². The van der Waals surface area contributed by atoms with Gasteiger partial charge in [-0.1, -0.05) is 115 Å². The zero-order valence-corrected chi connectivity index (χ0v) is 24.8. The molecule has 0 aromatic heterocycles. The third kappa shape index (κ3) is 9.53. The Morgan fingerprint density at radius 2 is 0.905 bits per heavy atom. The van der Waals surface area contributed by atoms with Crippen molar-refractivity contribution >= 4 is 28.1 Å². The Bertz CT molecular complexity index is 1370. The van der Waals surface area contributed by atoms with Crippen LogP contribution in [-0.2, 0) is 27.1 Å². The molecule has 5 rings (SSSR count). The van der Waals surface area contributed by atoms with Crippen LogP contribution in [0.4, 0.5) is 0 Å². The minimum Gasteiger partial charge on any atom is -0.611 e. The Balaban J connectivity index is 0.000000283. The van der Waals surface area contributed by atoms with Crippen LogP contribution in [0.3, 0.4) is 0 Å². The molecule has 0 N–H and O–H groups in total. The molecule has 0 saturated heterocycles. The van der Waals surface area contributed by atoms with Crippen LogP contribution >= 0.6 is 0 Å². The first-order valence-corrected chi connectivity index (χ1v) is 16.0. The highest BCUT2D eigenvalue weighted by Gasteiger charge is 2.37. The molecule has 5 aromatic carbocycles. The number of rotatable bonds is 11. The van der Waals surface area contributed by atoms with Gasteiger partial charge in [-0.2, -0.15) is 0 Å². The van der Waals surface area contributed by atoms with Gasteiger partial charge in [0.25, 0.3) is 10.9 Å². The molecular weight excluding hydrogens is 565 g/mol. The minimum absolute atomic E-state index is 0.0443. The summed E-state index contributed by atoms with van der Waals surface area (Å²) in [5, 5.41) is 0. The summed E-state index contributed by atoms with van der Waals surface area (Å²) in [6.45, 7) is 1.45. The Morgan fingerprint density at radius 3 is 1.26 bits per heavy atom. The molecule has 0 bridgehead atoms. The number of hydrogen-bond acceptors (Lipinski definition) is 5. The summed E-state index contributed by atoms with van der Waals surface area (Å²) < 4.78 is 37.7. The normalized spacial score (nSPS) is 13.4. The molecule has 3 unspecified atom stereocenters. The van der Waals surface area contributed by atoms with Crippen molar-refractivity contribution in [2.75, 3.05) is 5.75 Å². The highest BCUT2D eigenvalue weighted by molar-refractivity contribution is 7.92. The van der Waals surface area contributed by atoms with Crippen LogP contribution in [0.25, 0.3) is 0 Å². The lowest BCUT2D eigenvalue weighted by Gasteiger charge is -2.29. The Hall–Kier alpha value is -4.01. The average Bonchev–Trinajstić information content (AvgIpc) is 3.04. The fourth-order valence-electron chi connectivity index (χ4n) is 3.92. The van der Waals surface area contributed by atoms with Crippen molar-refractivity contribution in [3.05, 3.63) is 163 Å². The SMILES string of the molecule is CC(=O)C[S+]([O-])c1ccccc1.[O-][S+](C(Oc1ccccc1)c1ccccc1)C(Oc1ccccc1)c1ccccc1. The van der Waals surface area contributed by atoms with E-state index in [1.165, 1.54) is 6.92 Å². The molecule has 0 spiro atoms. The second kappa shape index (κ2) is 16.4. The highest BCUT2D eigenvalue weighted by Crippen LogP contribution is 2.37. The molecular formula is C35H32O5S2. The quantitative estimate of drug-likeness (QED) is 0.146. The van der Waals surface area contributed by atoms with Gasteiger partial charge in [0.15, 0.2) is 16.4 Å². The number of benzene rings is 5. The van der Waals surface area contributed by atoms with E-state index < -0.39 is 33.2 Å². The summed E-state index contributed by atoms with van der Waals surface area (Å²) >= 11 is -2.71. The van der Waals surface area contributed by atoms with Crippen LogP contribution in [0.5, 0.6) is 11.5 Å². The van der Waals surface area contributed by atoms with E-state index in [0.717, 1.165) is 11.1 Å². The smallest absolute Gasteiger partial charge is 0.284 e. The number of ketones is 1. The number of carbonyl (C=O) groups excluding carboxylic acids is 1. The van der Waals surface area contributed by atoms with Crippen LogP contribution in [0.1, 0.15) is 28.9 Å². The van der Waals surface area contributed by atoms with E-state index in [1.54, 1.807) is 12.1 Å². The number of para-hydroxylation sites is 2. The Morgan fingerprint density at radius 1 is 0.571 bits per heavy atom. The molecule has 5 aromatic rings. The number of ether oxygens (including phenoxy) is 2. The summed E-state index contributed by atoms with van der Waals surface area (Å²) in [4.78, 5) is 11.3. The van der Waals surface area contributed by atoms with Gasteiger partial charge in [-0.15, -0.1) is 0 Å². The van der Waals surface area contributed by atoms with Crippen LogP contribution in [0.15, 0.2) is 157 Å². The van der Waals surface area contributed by atoms with Crippen molar-refractivity contribution in [3.8, 4) is 11.5 Å². The first-order chi connectivity index (χ1) is 20.5. The molecule has 0 aliphatic rings. The monoisotopic (exact) mass is 596 g/mol. The molecule has 0 amide bonds. The molecule has 0 heterocycles. The van der Waals surface area contributed by atoms with Gasteiger partial charge in [-0.05, 0) is 54.5 Å². The van der Waals surface area contributed by atoms with Crippen molar-refractivity contribution in [2.45, 2.75) is 22.7 Å². The minimum atomic E-state index is -1.54. The zero-order valence-electron chi connectivity index (χ0n) is 23.2. The highest BCUT2D eigenvalue weighted by atomic mass is 32.2. The molecule has 0 fully saturated rings. The van der Waals surface area contributed by atoms with Crippen molar-refractivity contribution < 1.29 is 23.4 Å². The van der Waals surface area contributed by atoms with Gasteiger partial charge in [0.2, 0.25) is 0 Å². The predicted octanol–water partition coefficient (Wildman–Crippen LogP) is 7.67. The van der Waals surface area contributed by atoms with Gasteiger partial charge >= 0.3 is 0 Å². The topological polar surface area (TPSA) is 81.7 Å². The number of carbonyl (C=O) groups is 1. The maximum Gasteiger partial charge on any atom is 0.284 e. The third-order valence-corrected chi connectivity index (χ3v) is 8.93. The molecule has 0 saturated carbocycles. The van der Waals surface area contributed by atoms with Crippen molar-refractivity contribution in [3.63, 3.8) is 0 Å². The largest absolute Gasteiger partial charge is 0.611 e. The van der Waals surface area contributed by atoms with E-state index in [-0.39, 0.29) is 11.5 Å². The summed E-state index contributed by atoms with van der Waals surface area (Å²) in [6.07, 6.45) is 0. The maximum atomic E-state index is 13.9. The zero-order chi connectivity index (χ0) is 29.6. The lowest BCUT2D eigenvalue weighted by atomic mass is 10.2. The molecule has 214 valence electrons. The van der Waals surface area contributed by atoms with Crippen molar-refractivity contribution in [1.29, 1.82) is 0 Å². The van der Waals surface area contributed by atoms with Gasteiger partial charge in [-0.25, -0.2) is 0 Å². The van der Waals surface area contributed by atoms with Gasteiger partial charge < -0.3 is 18.6 Å². The lowest BCUT2D eigenvalue weighted by Crippen LogP contribution is -2.28. The fourth-order valence-corrected chi connectivity index (χ4v) is 6.40. The van der Waals surface area contributed by atoms with Crippen LogP contribution in [-0.4, -0.2) is 20.6 Å². The Labute approximate surface area is 253 Å². The predicted molar refractivity (Wildman–Crippen MR) is 169 cm³/mol. The van der Waals surface area contributed by atoms with E-state index >= 15 is 0 Å². The lowest BCUT2D eigenvalue weighted by molar-refractivity contribution is -0.114. The number of hydrogen-bond donors (Lipinski definition) is 0.